The van der Waals surface area contributed by atoms with E-state index in [0.29, 0.717) is 35.6 Å². The average Bonchev–Trinajstić information content (AvgIpc) is 3.49. The number of hydrogen-bond acceptors (Lipinski definition) is 7. The number of hydrogen-bond donors (Lipinski definition) is 2. The van der Waals surface area contributed by atoms with Gasteiger partial charge >= 0.3 is 0 Å². The standard InChI is InChI=1S/C41H43Cl2N5O6S/c1-4-6-19-46(20-7-5-2)41(52)38-37(43)26(3)48(44-38)36-18-16-29(22-34(36)40(51)47-24-30-12-9-8-11-28(30)21-31(47)25-49)39(50)45-55(53,54)32-17-15-27-13-10-14-35(42)33(27)23-32/h8-18,22-23,31,49H,4-7,19-21,24-25H2,1-3H3,(H,45,50)/t31-/m0/s1. The SMILES string of the molecule is CCCCN(CCCC)C(=O)c1nn(-c2ccc(C(=O)NS(=O)(=O)c3ccc4cccc(Cl)c4c3)cc2C(=O)N2Cc3ccccc3C[C@H]2CO)c(C)c1Cl. The summed E-state index contributed by atoms with van der Waals surface area (Å²) in [6.45, 7) is 6.72. The van der Waals surface area contributed by atoms with Gasteiger partial charge in [-0.05, 0) is 79.1 Å². The molecule has 0 spiro atoms. The quantitative estimate of drug-likeness (QED) is 0.127. The van der Waals surface area contributed by atoms with Gasteiger partial charge in [0.2, 0.25) is 0 Å². The topological polar surface area (TPSA) is 142 Å². The van der Waals surface area contributed by atoms with Crippen molar-refractivity contribution in [2.45, 2.75) is 70.4 Å². The Morgan fingerprint density at radius 2 is 1.64 bits per heavy atom. The van der Waals surface area contributed by atoms with Crippen molar-refractivity contribution < 1.29 is 27.9 Å². The van der Waals surface area contributed by atoms with Gasteiger partial charge in [-0.1, -0.05) is 92.4 Å². The Kier molecular flexibility index (Phi) is 12.3. The molecule has 0 aliphatic carbocycles. The molecule has 0 bridgehead atoms. The first kappa shape index (κ1) is 39.9. The smallest absolute Gasteiger partial charge is 0.275 e. The minimum absolute atomic E-state index is 0.00421. The van der Waals surface area contributed by atoms with E-state index in [1.54, 1.807) is 36.1 Å². The maximum atomic E-state index is 14.7. The van der Waals surface area contributed by atoms with Crippen molar-refractivity contribution >= 4 is 61.7 Å². The van der Waals surface area contributed by atoms with Gasteiger partial charge in [0.15, 0.2) is 5.69 Å². The Bertz CT molecular complexity index is 2370. The number of sulfonamides is 1. The van der Waals surface area contributed by atoms with Crippen molar-refractivity contribution in [3.05, 3.63) is 123 Å². The Labute approximate surface area is 330 Å². The number of carbonyl (C=O) groups excluding carboxylic acids is 3. The van der Waals surface area contributed by atoms with E-state index in [2.05, 4.69) is 9.82 Å². The summed E-state index contributed by atoms with van der Waals surface area (Å²) < 4.78 is 30.6. The molecular weight excluding hydrogens is 761 g/mol. The Morgan fingerprint density at radius 3 is 2.33 bits per heavy atom. The highest BCUT2D eigenvalue weighted by atomic mass is 35.5. The molecule has 1 atom stereocenters. The first-order valence-corrected chi connectivity index (χ1v) is 20.5. The van der Waals surface area contributed by atoms with Crippen molar-refractivity contribution in [2.24, 2.45) is 0 Å². The number of carbonyl (C=O) groups is 3. The van der Waals surface area contributed by atoms with E-state index >= 15 is 0 Å². The first-order valence-electron chi connectivity index (χ1n) is 18.3. The molecule has 2 N–H and O–H groups in total. The average molecular weight is 805 g/mol. The second-order valence-electron chi connectivity index (χ2n) is 13.7. The molecule has 11 nitrogen and oxygen atoms in total. The largest absolute Gasteiger partial charge is 0.394 e. The summed E-state index contributed by atoms with van der Waals surface area (Å²) >= 11 is 13.1. The molecule has 0 saturated carbocycles. The molecule has 1 aliphatic heterocycles. The van der Waals surface area contributed by atoms with Crippen LogP contribution in [0.5, 0.6) is 0 Å². The van der Waals surface area contributed by atoms with Gasteiger partial charge in [0.25, 0.3) is 27.7 Å². The van der Waals surface area contributed by atoms with Crippen LogP contribution in [-0.4, -0.2) is 76.6 Å². The number of nitrogens with one attached hydrogen (secondary N) is 1. The van der Waals surface area contributed by atoms with Crippen LogP contribution in [-0.2, 0) is 23.0 Å². The summed E-state index contributed by atoms with van der Waals surface area (Å²) in [4.78, 5) is 45.4. The number of aromatic nitrogens is 2. The molecule has 1 aliphatic rings. The number of unbranched alkanes of at least 4 members (excludes halogenated alkanes) is 2. The lowest BCUT2D eigenvalue weighted by Gasteiger charge is -2.36. The highest BCUT2D eigenvalue weighted by molar-refractivity contribution is 7.90. The van der Waals surface area contributed by atoms with Gasteiger partial charge in [-0.3, -0.25) is 14.4 Å². The second kappa shape index (κ2) is 16.9. The van der Waals surface area contributed by atoms with Crippen LogP contribution in [0.3, 0.4) is 0 Å². The zero-order valence-corrected chi connectivity index (χ0v) is 33.2. The molecule has 0 fully saturated rings. The van der Waals surface area contributed by atoms with Crippen molar-refractivity contribution in [3.63, 3.8) is 0 Å². The Balaban J connectivity index is 1.41. The molecule has 0 radical (unpaired) electrons. The molecule has 55 heavy (non-hydrogen) atoms. The van der Waals surface area contributed by atoms with E-state index < -0.39 is 27.9 Å². The van der Waals surface area contributed by atoms with Gasteiger partial charge in [0.1, 0.15) is 0 Å². The normalized spacial score (nSPS) is 14.1. The molecular formula is C41H43Cl2N5O6S. The fourth-order valence-corrected chi connectivity index (χ4v) is 8.25. The number of amides is 3. The van der Waals surface area contributed by atoms with E-state index in [4.69, 9.17) is 23.2 Å². The van der Waals surface area contributed by atoms with Gasteiger partial charge in [0.05, 0.1) is 39.5 Å². The van der Waals surface area contributed by atoms with E-state index in [1.165, 1.54) is 39.9 Å². The Hall–Kier alpha value is -4.75. The molecule has 14 heteroatoms. The number of aliphatic hydroxyl groups excluding tert-OH is 1. The molecule has 0 unspecified atom stereocenters. The lowest BCUT2D eigenvalue weighted by atomic mass is 9.93. The molecule has 288 valence electrons. The summed E-state index contributed by atoms with van der Waals surface area (Å²) in [5.41, 5.74) is 2.43. The third-order valence-corrected chi connectivity index (χ3v) is 12.1. The van der Waals surface area contributed by atoms with Crippen LogP contribution in [0.4, 0.5) is 0 Å². The van der Waals surface area contributed by atoms with Crippen LogP contribution in [0.15, 0.2) is 83.8 Å². The van der Waals surface area contributed by atoms with E-state index in [1.807, 2.05) is 38.1 Å². The van der Waals surface area contributed by atoms with Gasteiger partial charge < -0.3 is 14.9 Å². The summed E-state index contributed by atoms with van der Waals surface area (Å²) in [6, 6.07) is 20.8. The van der Waals surface area contributed by atoms with Crippen LogP contribution in [0.25, 0.3) is 16.5 Å². The maximum absolute atomic E-state index is 14.7. The lowest BCUT2D eigenvalue weighted by Crippen LogP contribution is -2.46. The number of halogens is 2. The number of benzene rings is 4. The van der Waals surface area contributed by atoms with Crippen LogP contribution < -0.4 is 4.72 Å². The predicted octanol–water partition coefficient (Wildman–Crippen LogP) is 7.36. The van der Waals surface area contributed by atoms with Gasteiger partial charge in [-0.15, -0.1) is 0 Å². The highest BCUT2D eigenvalue weighted by Gasteiger charge is 2.33. The third-order valence-electron chi connectivity index (χ3n) is 9.98. The molecule has 0 saturated heterocycles. The number of fused-ring (bicyclic) bond motifs is 2. The molecule has 6 rings (SSSR count). The zero-order chi connectivity index (χ0) is 39.4. The zero-order valence-electron chi connectivity index (χ0n) is 30.9. The summed E-state index contributed by atoms with van der Waals surface area (Å²) in [7, 11) is -4.38. The van der Waals surface area contributed by atoms with Gasteiger partial charge in [-0.25, -0.2) is 17.8 Å². The lowest BCUT2D eigenvalue weighted by molar-refractivity contribution is 0.0544. The van der Waals surface area contributed by atoms with Crippen molar-refractivity contribution in [1.82, 2.24) is 24.3 Å². The van der Waals surface area contributed by atoms with Crippen LogP contribution in [0.2, 0.25) is 10.0 Å². The van der Waals surface area contributed by atoms with E-state index in [-0.39, 0.29) is 51.5 Å². The maximum Gasteiger partial charge on any atom is 0.275 e. The first-order chi connectivity index (χ1) is 26.4. The van der Waals surface area contributed by atoms with Gasteiger partial charge in [-0.2, -0.15) is 5.10 Å². The fraction of sp³-hybridized carbons (Fsp3) is 0.317. The van der Waals surface area contributed by atoms with Crippen LogP contribution in [0, 0.1) is 6.92 Å². The highest BCUT2D eigenvalue weighted by Crippen LogP contribution is 2.31. The predicted molar refractivity (Wildman–Crippen MR) is 214 cm³/mol. The van der Waals surface area contributed by atoms with Crippen LogP contribution in [0.1, 0.15) is 87.6 Å². The van der Waals surface area contributed by atoms with Crippen LogP contribution >= 0.6 is 23.2 Å². The summed E-state index contributed by atoms with van der Waals surface area (Å²) in [6.07, 6.45) is 3.82. The minimum Gasteiger partial charge on any atom is -0.394 e. The second-order valence-corrected chi connectivity index (χ2v) is 16.2. The van der Waals surface area contributed by atoms with Gasteiger partial charge in [0, 0.05) is 35.6 Å². The number of rotatable bonds is 13. The molecule has 4 aromatic carbocycles. The summed E-state index contributed by atoms with van der Waals surface area (Å²) in [5.74, 6) is -1.83. The third kappa shape index (κ3) is 8.28. The molecule has 2 heterocycles. The monoisotopic (exact) mass is 803 g/mol. The number of aliphatic hydroxyl groups is 1. The molecule has 1 aromatic heterocycles. The summed E-state index contributed by atoms with van der Waals surface area (Å²) in [5, 5.41) is 16.8. The Morgan fingerprint density at radius 1 is 0.927 bits per heavy atom. The fourth-order valence-electron chi connectivity index (χ4n) is 6.81. The minimum atomic E-state index is -4.38. The van der Waals surface area contributed by atoms with Crippen molar-refractivity contribution in [3.8, 4) is 5.69 Å². The molecule has 3 amide bonds. The van der Waals surface area contributed by atoms with Crippen molar-refractivity contribution in [1.29, 1.82) is 0 Å². The van der Waals surface area contributed by atoms with E-state index in [9.17, 15) is 27.9 Å². The van der Waals surface area contributed by atoms with E-state index in [0.717, 1.165) is 42.2 Å². The van der Waals surface area contributed by atoms with Crippen molar-refractivity contribution in [2.75, 3.05) is 19.7 Å². The number of nitrogens with zero attached hydrogens (tertiary/aromatic N) is 4. The molecule has 5 aromatic rings.